The van der Waals surface area contributed by atoms with E-state index in [-0.39, 0.29) is 39.7 Å². The van der Waals surface area contributed by atoms with Crippen LogP contribution in [-0.2, 0) is 6.18 Å². The summed E-state index contributed by atoms with van der Waals surface area (Å²) in [5.41, 5.74) is 5.59. The van der Waals surface area contributed by atoms with Gasteiger partial charge in [-0.1, -0.05) is 12.1 Å². The third-order valence-corrected chi connectivity index (χ3v) is 4.14. The van der Waals surface area contributed by atoms with Crippen LogP contribution in [-0.4, -0.2) is 24.6 Å². The number of rotatable bonds is 2. The highest BCUT2D eigenvalue weighted by Crippen LogP contribution is 2.38. The lowest BCUT2D eigenvalue weighted by Crippen LogP contribution is -2.10. The zero-order valence-electron chi connectivity index (χ0n) is 14.4. The fraction of sp³-hybridized carbons (Fsp3) is 0.111. The predicted molar refractivity (Wildman–Crippen MR) is 93.6 cm³/mol. The Labute approximate surface area is 155 Å². The maximum atomic E-state index is 14.5. The molecule has 28 heavy (non-hydrogen) atoms. The second-order valence-electron chi connectivity index (χ2n) is 6.08. The number of nitrogens with zero attached hydrogens (tertiary/aromatic N) is 5. The maximum Gasteiger partial charge on any atom is 0.433 e. The summed E-state index contributed by atoms with van der Waals surface area (Å²) < 4.78 is 55.6. The van der Waals surface area contributed by atoms with E-state index in [4.69, 9.17) is 5.73 Å². The van der Waals surface area contributed by atoms with E-state index in [0.29, 0.717) is 0 Å². The minimum absolute atomic E-state index is 0.0242. The number of fused-ring (bicyclic) bond motifs is 1. The average molecular weight is 388 g/mol. The van der Waals surface area contributed by atoms with Crippen molar-refractivity contribution in [1.29, 1.82) is 0 Å². The highest BCUT2D eigenvalue weighted by molar-refractivity contribution is 5.91. The molecule has 0 bridgehead atoms. The second-order valence-corrected chi connectivity index (χ2v) is 6.08. The molecular formula is C18H12F4N6. The van der Waals surface area contributed by atoms with Crippen molar-refractivity contribution in [3.8, 4) is 22.4 Å². The summed E-state index contributed by atoms with van der Waals surface area (Å²) >= 11 is 0. The molecular weight excluding hydrogens is 376 g/mol. The van der Waals surface area contributed by atoms with Gasteiger partial charge in [0.05, 0.1) is 11.3 Å². The molecule has 0 unspecified atom stereocenters. The molecule has 0 aliphatic rings. The van der Waals surface area contributed by atoms with Crippen molar-refractivity contribution in [2.24, 2.45) is 0 Å². The average Bonchev–Trinajstić information content (AvgIpc) is 3.11. The number of halogens is 4. The van der Waals surface area contributed by atoms with Crippen molar-refractivity contribution >= 4 is 11.6 Å². The van der Waals surface area contributed by atoms with E-state index in [1.807, 2.05) is 0 Å². The molecule has 142 valence electrons. The number of pyridine rings is 1. The largest absolute Gasteiger partial charge is 0.433 e. The molecule has 6 nitrogen and oxygen atoms in total. The second kappa shape index (κ2) is 6.25. The van der Waals surface area contributed by atoms with Crippen LogP contribution in [0.15, 0.2) is 42.7 Å². The summed E-state index contributed by atoms with van der Waals surface area (Å²) in [4.78, 5) is 7.77. The lowest BCUT2D eigenvalue weighted by molar-refractivity contribution is -0.141. The summed E-state index contributed by atoms with van der Waals surface area (Å²) in [6.07, 6.45) is -3.37. The number of benzene rings is 1. The summed E-state index contributed by atoms with van der Waals surface area (Å²) in [5.74, 6) is -0.620. The first-order valence-electron chi connectivity index (χ1n) is 8.06. The van der Waals surface area contributed by atoms with Crippen LogP contribution in [0.5, 0.6) is 0 Å². The van der Waals surface area contributed by atoms with Crippen LogP contribution in [0.1, 0.15) is 11.4 Å². The number of aromatic nitrogens is 5. The molecule has 4 aromatic rings. The molecule has 0 amide bonds. The minimum Gasteiger partial charge on any atom is -0.369 e. The van der Waals surface area contributed by atoms with Crippen LogP contribution in [0.4, 0.5) is 23.5 Å². The van der Waals surface area contributed by atoms with Crippen molar-refractivity contribution in [1.82, 2.24) is 24.6 Å². The minimum atomic E-state index is -4.65. The Balaban J connectivity index is 2.11. The molecule has 0 radical (unpaired) electrons. The van der Waals surface area contributed by atoms with Crippen molar-refractivity contribution < 1.29 is 17.6 Å². The zero-order valence-corrected chi connectivity index (χ0v) is 14.4. The number of hydrogen-bond acceptors (Lipinski definition) is 5. The first-order valence-corrected chi connectivity index (χ1v) is 8.06. The third kappa shape index (κ3) is 2.92. The van der Waals surface area contributed by atoms with E-state index >= 15 is 0 Å². The van der Waals surface area contributed by atoms with E-state index in [1.54, 1.807) is 6.07 Å². The lowest BCUT2D eigenvalue weighted by Gasteiger charge is -2.15. The topological polar surface area (TPSA) is 82.0 Å². The molecule has 0 saturated carbocycles. The van der Waals surface area contributed by atoms with Crippen molar-refractivity contribution in [2.45, 2.75) is 13.1 Å². The van der Waals surface area contributed by atoms with Crippen molar-refractivity contribution in [3.05, 3.63) is 59.9 Å². The van der Waals surface area contributed by atoms with E-state index in [2.05, 4.69) is 20.2 Å². The normalized spacial score (nSPS) is 11.9. The number of hydrogen-bond donors (Lipinski definition) is 1. The van der Waals surface area contributed by atoms with Gasteiger partial charge in [0.25, 0.3) is 0 Å². The molecule has 0 atom stereocenters. The maximum absolute atomic E-state index is 14.5. The van der Waals surface area contributed by atoms with Crippen LogP contribution in [0.25, 0.3) is 28.0 Å². The summed E-state index contributed by atoms with van der Waals surface area (Å²) in [5, 5.41) is 7.72. The molecule has 4 rings (SSSR count). The van der Waals surface area contributed by atoms with Gasteiger partial charge in [-0.2, -0.15) is 13.2 Å². The van der Waals surface area contributed by atoms with Gasteiger partial charge in [-0.05, 0) is 36.8 Å². The molecule has 0 saturated heterocycles. The third-order valence-electron chi connectivity index (χ3n) is 4.14. The first kappa shape index (κ1) is 17.8. The van der Waals surface area contributed by atoms with Gasteiger partial charge < -0.3 is 5.73 Å². The molecule has 0 spiro atoms. The van der Waals surface area contributed by atoms with Crippen LogP contribution in [0.2, 0.25) is 0 Å². The van der Waals surface area contributed by atoms with Gasteiger partial charge in [0.1, 0.15) is 17.8 Å². The molecule has 0 fully saturated rings. The smallest absolute Gasteiger partial charge is 0.369 e. The highest BCUT2D eigenvalue weighted by atomic mass is 19.4. The molecule has 0 aliphatic carbocycles. The Bertz CT molecular complexity index is 1200. The van der Waals surface area contributed by atoms with Crippen LogP contribution in [0, 0.1) is 12.7 Å². The summed E-state index contributed by atoms with van der Waals surface area (Å²) in [7, 11) is 0. The van der Waals surface area contributed by atoms with Crippen LogP contribution < -0.4 is 5.73 Å². The number of anilines is 1. The number of nitrogen functional groups attached to an aromatic ring is 1. The molecule has 2 N–H and O–H groups in total. The summed E-state index contributed by atoms with van der Waals surface area (Å²) in [6.45, 7) is 1.44. The molecule has 3 aromatic heterocycles. The van der Waals surface area contributed by atoms with Crippen molar-refractivity contribution in [3.63, 3.8) is 0 Å². The van der Waals surface area contributed by atoms with Gasteiger partial charge >= 0.3 is 6.18 Å². The number of aryl methyl sites for hydroxylation is 1. The molecule has 1 aromatic carbocycles. The number of nitrogens with two attached hydrogens (primary N) is 1. The monoisotopic (exact) mass is 388 g/mol. The lowest BCUT2D eigenvalue weighted by atomic mass is 9.99. The molecule has 10 heteroatoms. The highest BCUT2D eigenvalue weighted by Gasteiger charge is 2.33. The van der Waals surface area contributed by atoms with Crippen molar-refractivity contribution in [2.75, 3.05) is 5.73 Å². The van der Waals surface area contributed by atoms with Crippen LogP contribution in [0.3, 0.4) is 0 Å². The van der Waals surface area contributed by atoms with Gasteiger partial charge in [-0.25, -0.2) is 14.4 Å². The van der Waals surface area contributed by atoms with Gasteiger partial charge in [0.2, 0.25) is 5.95 Å². The Morgan fingerprint density at radius 3 is 2.54 bits per heavy atom. The fourth-order valence-electron chi connectivity index (χ4n) is 2.98. The van der Waals surface area contributed by atoms with E-state index in [1.165, 1.54) is 41.9 Å². The SMILES string of the molecule is Cc1cc(-c2c(-c3ccccc3F)nc(N)n3cnnc23)cc(C(F)(F)F)n1. The Kier molecular flexibility index (Phi) is 3.98. The standard InChI is InChI=1S/C18H12F4N6/c1-9-6-10(7-13(25-9)18(20,21)22)14-15(11-4-2-3-5-12(11)19)26-17(23)28-8-24-27-16(14)28/h2-8H,1H3,(H2,23,26). The van der Waals surface area contributed by atoms with Gasteiger partial charge in [-0.15, -0.1) is 10.2 Å². The zero-order chi connectivity index (χ0) is 20.1. The van der Waals surface area contributed by atoms with E-state index in [0.717, 1.165) is 6.07 Å². The van der Waals surface area contributed by atoms with E-state index < -0.39 is 17.7 Å². The number of alkyl halides is 3. The van der Waals surface area contributed by atoms with Gasteiger partial charge in [0.15, 0.2) is 5.65 Å². The Morgan fingerprint density at radius 2 is 1.82 bits per heavy atom. The quantitative estimate of drug-likeness (QED) is 0.527. The van der Waals surface area contributed by atoms with E-state index in [9.17, 15) is 17.6 Å². The molecule has 0 aliphatic heterocycles. The van der Waals surface area contributed by atoms with Crippen LogP contribution >= 0.6 is 0 Å². The Hall–Kier alpha value is -3.56. The van der Waals surface area contributed by atoms with Gasteiger partial charge in [0, 0.05) is 11.3 Å². The summed E-state index contributed by atoms with van der Waals surface area (Å²) in [6, 6.07) is 8.10. The van der Waals surface area contributed by atoms with Gasteiger partial charge in [-0.3, -0.25) is 4.40 Å². The predicted octanol–water partition coefficient (Wildman–Crippen LogP) is 3.90. The first-order chi connectivity index (χ1) is 13.3. The Morgan fingerprint density at radius 1 is 1.07 bits per heavy atom. The molecule has 3 heterocycles. The fourth-order valence-corrected chi connectivity index (χ4v) is 2.98.